The van der Waals surface area contributed by atoms with E-state index in [2.05, 4.69) is 10.6 Å². The Bertz CT molecular complexity index is 1020. The summed E-state index contributed by atoms with van der Waals surface area (Å²) in [5.74, 6) is -0.312. The zero-order valence-electron chi connectivity index (χ0n) is 18.4. The molecule has 7 heteroatoms. The van der Waals surface area contributed by atoms with Gasteiger partial charge in [-0.2, -0.15) is 0 Å². The average Bonchev–Trinajstić information content (AvgIpc) is 2.99. The maximum absolute atomic E-state index is 13.4. The minimum Gasteiger partial charge on any atom is -0.444 e. The molecular formula is C24H27N3O3S. The van der Waals surface area contributed by atoms with Gasteiger partial charge in [0.25, 0.3) is 5.91 Å². The molecule has 0 aromatic heterocycles. The van der Waals surface area contributed by atoms with Crippen LogP contribution in [-0.2, 0) is 9.53 Å². The predicted octanol–water partition coefficient (Wildman–Crippen LogP) is 4.67. The number of hydrogen-bond donors (Lipinski definition) is 2. The molecule has 1 atom stereocenters. The van der Waals surface area contributed by atoms with Gasteiger partial charge in [-0.3, -0.25) is 15.0 Å². The molecular weight excluding hydrogens is 410 g/mol. The Morgan fingerprint density at radius 1 is 1.10 bits per heavy atom. The number of nitrogens with one attached hydrogen (secondary N) is 2. The number of benzene rings is 2. The maximum Gasteiger partial charge on any atom is 0.409 e. The van der Waals surface area contributed by atoms with Crippen LogP contribution >= 0.6 is 12.2 Å². The molecule has 2 N–H and O–H groups in total. The highest BCUT2D eigenvalue weighted by atomic mass is 32.1. The van der Waals surface area contributed by atoms with Gasteiger partial charge >= 0.3 is 6.09 Å². The molecule has 2 aromatic carbocycles. The smallest absolute Gasteiger partial charge is 0.409 e. The second kappa shape index (κ2) is 8.89. The molecule has 3 rings (SSSR count). The van der Waals surface area contributed by atoms with Gasteiger partial charge in [0.1, 0.15) is 17.5 Å². The van der Waals surface area contributed by atoms with Crippen LogP contribution < -0.4 is 10.6 Å². The van der Waals surface area contributed by atoms with Gasteiger partial charge in [-0.1, -0.05) is 60.2 Å². The fourth-order valence-electron chi connectivity index (χ4n) is 3.22. The zero-order valence-corrected chi connectivity index (χ0v) is 19.2. The fourth-order valence-corrected chi connectivity index (χ4v) is 3.51. The molecule has 6 nitrogen and oxygen atoms in total. The van der Waals surface area contributed by atoms with Crippen molar-refractivity contribution in [2.45, 2.75) is 46.4 Å². The Morgan fingerprint density at radius 2 is 1.71 bits per heavy atom. The van der Waals surface area contributed by atoms with Crippen molar-refractivity contribution in [1.29, 1.82) is 0 Å². The number of amides is 2. The van der Waals surface area contributed by atoms with Gasteiger partial charge in [0.05, 0.1) is 0 Å². The van der Waals surface area contributed by atoms with Crippen LogP contribution in [0.4, 0.5) is 4.79 Å². The van der Waals surface area contributed by atoms with Crippen LogP contribution in [0.2, 0.25) is 0 Å². The second-order valence-electron chi connectivity index (χ2n) is 8.43. The quantitative estimate of drug-likeness (QED) is 0.537. The van der Waals surface area contributed by atoms with Crippen LogP contribution in [0.1, 0.15) is 50.6 Å². The summed E-state index contributed by atoms with van der Waals surface area (Å²) in [5, 5.41) is 6.05. The van der Waals surface area contributed by atoms with E-state index in [1.54, 1.807) is 20.8 Å². The standard InChI is InChI=1S/C24H27N3O3S/c1-15-11-13-17(14-12-15)16(2)19-21(28)27(22(31)25-19)20(18-9-7-6-8-10-18)26-23(29)30-24(3,4)5/h6-14,20H,1-5H3,(H,25,31)(H,26,29)/b19-16-. The van der Waals surface area contributed by atoms with Crippen LogP contribution in [-0.4, -0.2) is 27.6 Å². The molecule has 0 radical (unpaired) electrons. The molecule has 0 spiro atoms. The molecule has 0 aliphatic carbocycles. The molecule has 1 aliphatic heterocycles. The van der Waals surface area contributed by atoms with Crippen LogP contribution in [0.5, 0.6) is 0 Å². The second-order valence-corrected chi connectivity index (χ2v) is 8.82. The molecule has 1 heterocycles. The van der Waals surface area contributed by atoms with Crippen molar-refractivity contribution >= 4 is 34.9 Å². The highest BCUT2D eigenvalue weighted by Gasteiger charge is 2.39. The Balaban J connectivity index is 1.96. The van der Waals surface area contributed by atoms with Gasteiger partial charge in [-0.15, -0.1) is 0 Å². The van der Waals surface area contributed by atoms with E-state index in [1.807, 2.05) is 68.4 Å². The minimum atomic E-state index is -0.813. The first-order chi connectivity index (χ1) is 14.6. The van der Waals surface area contributed by atoms with Crippen molar-refractivity contribution in [3.05, 3.63) is 77.0 Å². The van der Waals surface area contributed by atoms with Crippen LogP contribution in [0.3, 0.4) is 0 Å². The summed E-state index contributed by atoms with van der Waals surface area (Å²) in [5.41, 5.74) is 3.25. The summed E-state index contributed by atoms with van der Waals surface area (Å²) in [6.07, 6.45) is -1.45. The number of nitrogens with zero attached hydrogens (tertiary/aromatic N) is 1. The first kappa shape index (κ1) is 22.5. The Hall–Kier alpha value is -3.19. The van der Waals surface area contributed by atoms with Gasteiger partial charge in [0.2, 0.25) is 0 Å². The molecule has 31 heavy (non-hydrogen) atoms. The molecule has 1 unspecified atom stereocenters. The lowest BCUT2D eigenvalue weighted by Crippen LogP contribution is -2.46. The molecule has 1 fully saturated rings. The van der Waals surface area contributed by atoms with E-state index in [1.165, 1.54) is 4.90 Å². The van der Waals surface area contributed by atoms with E-state index < -0.39 is 17.9 Å². The van der Waals surface area contributed by atoms with E-state index in [0.29, 0.717) is 11.3 Å². The number of alkyl carbamates (subject to hydrolysis) is 1. The molecule has 2 aromatic rings. The highest BCUT2D eigenvalue weighted by molar-refractivity contribution is 7.80. The SMILES string of the molecule is C/C(=C1/NC(=S)N(C(NC(=O)OC(C)(C)C)c2ccccc2)C1=O)c1ccc(C)cc1. The number of hydrogen-bond acceptors (Lipinski definition) is 4. The Morgan fingerprint density at radius 3 is 2.29 bits per heavy atom. The molecule has 2 amide bonds. The van der Waals surface area contributed by atoms with Crippen molar-refractivity contribution in [1.82, 2.24) is 15.5 Å². The first-order valence-corrected chi connectivity index (χ1v) is 10.4. The van der Waals surface area contributed by atoms with Gasteiger partial charge in [0.15, 0.2) is 5.11 Å². The van der Waals surface area contributed by atoms with E-state index in [9.17, 15) is 9.59 Å². The summed E-state index contributed by atoms with van der Waals surface area (Å²) in [4.78, 5) is 27.3. The third kappa shape index (κ3) is 5.30. The number of aryl methyl sites for hydroxylation is 1. The zero-order chi connectivity index (χ0) is 22.8. The van der Waals surface area contributed by atoms with Gasteiger partial charge in [-0.05, 0) is 63.5 Å². The predicted molar refractivity (Wildman–Crippen MR) is 125 cm³/mol. The van der Waals surface area contributed by atoms with Gasteiger partial charge in [0, 0.05) is 0 Å². The molecule has 0 bridgehead atoms. The number of rotatable bonds is 4. The van der Waals surface area contributed by atoms with Gasteiger partial charge < -0.3 is 10.1 Å². The third-order valence-corrected chi connectivity index (χ3v) is 5.07. The topological polar surface area (TPSA) is 70.7 Å². The molecule has 1 saturated heterocycles. The number of ether oxygens (including phenoxy) is 1. The van der Waals surface area contributed by atoms with Crippen LogP contribution in [0, 0.1) is 6.92 Å². The third-order valence-electron chi connectivity index (χ3n) is 4.77. The van der Waals surface area contributed by atoms with Crippen LogP contribution in [0.15, 0.2) is 60.3 Å². The van der Waals surface area contributed by atoms with Crippen molar-refractivity contribution in [2.24, 2.45) is 0 Å². The summed E-state index contributed by atoms with van der Waals surface area (Å²) in [6.45, 7) is 9.22. The molecule has 1 aliphatic rings. The van der Waals surface area contributed by atoms with E-state index >= 15 is 0 Å². The van der Waals surface area contributed by atoms with Gasteiger partial charge in [-0.25, -0.2) is 4.79 Å². The normalized spacial score (nSPS) is 16.6. The fraction of sp³-hybridized carbons (Fsp3) is 0.292. The van der Waals surface area contributed by atoms with Crippen LogP contribution in [0.25, 0.3) is 5.57 Å². The van der Waals surface area contributed by atoms with E-state index in [0.717, 1.165) is 16.7 Å². The number of allylic oxidation sites excluding steroid dienone is 1. The number of carbonyl (C=O) groups excluding carboxylic acids is 2. The monoisotopic (exact) mass is 437 g/mol. The summed E-state index contributed by atoms with van der Waals surface area (Å²) in [6, 6.07) is 17.1. The van der Waals surface area contributed by atoms with E-state index in [4.69, 9.17) is 17.0 Å². The molecule has 0 saturated carbocycles. The Labute approximate surface area is 188 Å². The number of thiocarbonyl (C=S) groups is 1. The van der Waals surface area contributed by atoms with Crippen molar-refractivity contribution in [3.8, 4) is 0 Å². The molecule has 162 valence electrons. The first-order valence-electron chi connectivity index (χ1n) is 10.0. The van der Waals surface area contributed by atoms with E-state index in [-0.39, 0.29) is 11.0 Å². The average molecular weight is 438 g/mol. The lowest BCUT2D eigenvalue weighted by molar-refractivity contribution is -0.124. The summed E-state index contributed by atoms with van der Waals surface area (Å²) >= 11 is 5.49. The Kier molecular flexibility index (Phi) is 6.45. The van der Waals surface area contributed by atoms with Crippen molar-refractivity contribution in [3.63, 3.8) is 0 Å². The summed E-state index contributed by atoms with van der Waals surface area (Å²) in [7, 11) is 0. The lowest BCUT2D eigenvalue weighted by atomic mass is 10.0. The largest absolute Gasteiger partial charge is 0.444 e. The maximum atomic E-state index is 13.4. The number of carbonyl (C=O) groups is 2. The van der Waals surface area contributed by atoms with Crippen molar-refractivity contribution < 1.29 is 14.3 Å². The van der Waals surface area contributed by atoms with Crippen molar-refractivity contribution in [2.75, 3.05) is 0 Å². The minimum absolute atomic E-state index is 0.219. The highest BCUT2D eigenvalue weighted by Crippen LogP contribution is 2.28. The lowest BCUT2D eigenvalue weighted by Gasteiger charge is -2.29. The summed E-state index contributed by atoms with van der Waals surface area (Å²) < 4.78 is 5.41.